The Morgan fingerprint density at radius 2 is 2.40 bits per heavy atom. The lowest BCUT2D eigenvalue weighted by atomic mass is 10.1. The van der Waals surface area contributed by atoms with Crippen LogP contribution in [0.3, 0.4) is 0 Å². The van der Waals surface area contributed by atoms with Crippen LogP contribution in [-0.2, 0) is 11.2 Å². The van der Waals surface area contributed by atoms with Gasteiger partial charge in [0, 0.05) is 25.6 Å². The van der Waals surface area contributed by atoms with Gasteiger partial charge in [-0.3, -0.25) is 4.90 Å². The summed E-state index contributed by atoms with van der Waals surface area (Å²) < 4.78 is 11.2. The number of nitrogens with zero attached hydrogens (tertiary/aromatic N) is 3. The van der Waals surface area contributed by atoms with Crippen LogP contribution in [0, 0.1) is 0 Å². The zero-order valence-corrected chi connectivity index (χ0v) is 12.2. The molecule has 0 saturated carbocycles. The Morgan fingerprint density at radius 3 is 3.20 bits per heavy atom. The maximum Gasteiger partial charge on any atom is 0.228 e. The van der Waals surface area contributed by atoms with Gasteiger partial charge in [0.25, 0.3) is 0 Å². The van der Waals surface area contributed by atoms with E-state index in [0.717, 1.165) is 51.5 Å². The quantitative estimate of drug-likeness (QED) is 0.873. The lowest BCUT2D eigenvalue weighted by molar-refractivity contribution is -0.0350. The van der Waals surface area contributed by atoms with Gasteiger partial charge >= 0.3 is 0 Å². The van der Waals surface area contributed by atoms with E-state index >= 15 is 0 Å². The molecule has 2 saturated heterocycles. The first-order valence-electron chi connectivity index (χ1n) is 7.75. The van der Waals surface area contributed by atoms with Gasteiger partial charge in [0.2, 0.25) is 11.7 Å². The number of ether oxygens (including phenoxy) is 1. The zero-order valence-electron chi connectivity index (χ0n) is 12.2. The fourth-order valence-electron chi connectivity index (χ4n) is 3.00. The Kier molecular flexibility index (Phi) is 4.65. The van der Waals surface area contributed by atoms with Gasteiger partial charge in [0.05, 0.1) is 6.61 Å². The van der Waals surface area contributed by atoms with Crippen LogP contribution in [0.2, 0.25) is 0 Å². The highest BCUT2D eigenvalue weighted by molar-refractivity contribution is 4.96. The molecule has 0 spiro atoms. The van der Waals surface area contributed by atoms with E-state index in [9.17, 15) is 0 Å². The Hall–Kier alpha value is -0.980. The molecule has 0 bridgehead atoms. The first-order valence-corrected chi connectivity index (χ1v) is 7.75. The molecule has 3 rings (SSSR count). The highest BCUT2D eigenvalue weighted by Gasteiger charge is 2.26. The second-order valence-electron chi connectivity index (χ2n) is 5.70. The minimum Gasteiger partial charge on any atom is -0.367 e. The van der Waals surface area contributed by atoms with E-state index in [1.54, 1.807) is 0 Å². The first kappa shape index (κ1) is 14.0. The molecule has 0 amide bonds. The summed E-state index contributed by atoms with van der Waals surface area (Å²) in [5, 5.41) is 7.56. The van der Waals surface area contributed by atoms with Crippen LogP contribution in [0.4, 0.5) is 0 Å². The van der Waals surface area contributed by atoms with Crippen molar-refractivity contribution in [2.45, 2.75) is 44.8 Å². The number of hydrogen-bond acceptors (Lipinski definition) is 6. The molecule has 2 unspecified atom stereocenters. The Balaban J connectivity index is 1.57. The zero-order chi connectivity index (χ0) is 13.8. The monoisotopic (exact) mass is 280 g/mol. The third-order valence-electron chi connectivity index (χ3n) is 4.05. The van der Waals surface area contributed by atoms with Gasteiger partial charge in [0.1, 0.15) is 6.10 Å². The van der Waals surface area contributed by atoms with Crippen LogP contribution >= 0.6 is 0 Å². The second-order valence-corrected chi connectivity index (χ2v) is 5.70. The third kappa shape index (κ3) is 3.37. The van der Waals surface area contributed by atoms with E-state index < -0.39 is 0 Å². The lowest BCUT2D eigenvalue weighted by Gasteiger charge is -2.30. The highest BCUT2D eigenvalue weighted by atomic mass is 16.5. The summed E-state index contributed by atoms with van der Waals surface area (Å²) in [6.07, 6.45) is 4.39. The minimum absolute atomic E-state index is 0.0377. The maximum absolute atomic E-state index is 5.78. The number of morpholine rings is 1. The van der Waals surface area contributed by atoms with Crippen molar-refractivity contribution in [2.24, 2.45) is 0 Å². The molecule has 0 radical (unpaired) electrons. The average Bonchev–Trinajstić information content (AvgIpc) is 3.12. The van der Waals surface area contributed by atoms with Crippen molar-refractivity contribution < 1.29 is 9.26 Å². The summed E-state index contributed by atoms with van der Waals surface area (Å²) >= 11 is 0. The summed E-state index contributed by atoms with van der Waals surface area (Å²) in [7, 11) is 0. The number of rotatable bonds is 5. The average molecular weight is 280 g/mol. The number of nitrogens with one attached hydrogen (secondary N) is 1. The molecule has 112 valence electrons. The molecule has 6 nitrogen and oxygen atoms in total. The Morgan fingerprint density at radius 1 is 1.45 bits per heavy atom. The molecule has 1 N–H and O–H groups in total. The number of hydrogen-bond donors (Lipinski definition) is 1. The van der Waals surface area contributed by atoms with Crippen LogP contribution in [-0.4, -0.2) is 53.9 Å². The molecule has 2 aliphatic rings. The molecular formula is C14H24N4O2. The molecule has 2 aliphatic heterocycles. The van der Waals surface area contributed by atoms with Crippen LogP contribution < -0.4 is 5.32 Å². The summed E-state index contributed by atoms with van der Waals surface area (Å²) in [6, 6.07) is 0.493. The predicted molar refractivity (Wildman–Crippen MR) is 74.5 cm³/mol. The van der Waals surface area contributed by atoms with Gasteiger partial charge in [-0.2, -0.15) is 4.98 Å². The van der Waals surface area contributed by atoms with Gasteiger partial charge in [-0.05, 0) is 32.4 Å². The Bertz CT molecular complexity index is 415. The standard InChI is InChI=1S/C14H24N4O2/c1-2-6-18-7-8-19-12(10-18)14-16-13(20-17-14)9-11-4-3-5-15-11/h11-12,15H,2-10H2,1H3. The summed E-state index contributed by atoms with van der Waals surface area (Å²) in [4.78, 5) is 6.93. The van der Waals surface area contributed by atoms with Gasteiger partial charge in [-0.15, -0.1) is 0 Å². The largest absolute Gasteiger partial charge is 0.367 e. The normalized spacial score (nSPS) is 28.1. The van der Waals surface area contributed by atoms with Crippen molar-refractivity contribution in [1.29, 1.82) is 0 Å². The number of aromatic nitrogens is 2. The molecule has 0 aliphatic carbocycles. The fourth-order valence-corrected chi connectivity index (χ4v) is 3.00. The molecular weight excluding hydrogens is 256 g/mol. The van der Waals surface area contributed by atoms with E-state index in [4.69, 9.17) is 9.26 Å². The summed E-state index contributed by atoms with van der Waals surface area (Å²) in [6.45, 7) is 7.03. The summed E-state index contributed by atoms with van der Waals surface area (Å²) in [5.41, 5.74) is 0. The van der Waals surface area contributed by atoms with Crippen LogP contribution in [0.25, 0.3) is 0 Å². The predicted octanol–water partition coefficient (Wildman–Crippen LogP) is 1.15. The highest BCUT2D eigenvalue weighted by Crippen LogP contribution is 2.20. The smallest absolute Gasteiger partial charge is 0.228 e. The summed E-state index contributed by atoms with van der Waals surface area (Å²) in [5.74, 6) is 1.44. The van der Waals surface area contributed by atoms with Gasteiger partial charge in [0.15, 0.2) is 0 Å². The van der Waals surface area contributed by atoms with E-state index in [0.29, 0.717) is 11.9 Å². The molecule has 20 heavy (non-hydrogen) atoms. The fraction of sp³-hybridized carbons (Fsp3) is 0.857. The SMILES string of the molecule is CCCN1CCOC(c2noc(CC3CCCN3)n2)C1. The second kappa shape index (κ2) is 6.65. The van der Waals surface area contributed by atoms with Crippen molar-refractivity contribution in [3.63, 3.8) is 0 Å². The van der Waals surface area contributed by atoms with Crippen LogP contribution in [0.1, 0.15) is 44.0 Å². The third-order valence-corrected chi connectivity index (χ3v) is 4.05. The molecule has 1 aromatic rings. The molecule has 0 aromatic carbocycles. The Labute approximate surface area is 119 Å². The van der Waals surface area contributed by atoms with E-state index in [1.165, 1.54) is 12.8 Å². The van der Waals surface area contributed by atoms with Crippen molar-refractivity contribution in [1.82, 2.24) is 20.4 Å². The maximum atomic E-state index is 5.78. The van der Waals surface area contributed by atoms with Crippen LogP contribution in [0.15, 0.2) is 4.52 Å². The van der Waals surface area contributed by atoms with Crippen molar-refractivity contribution in [3.8, 4) is 0 Å². The van der Waals surface area contributed by atoms with Crippen molar-refractivity contribution in [3.05, 3.63) is 11.7 Å². The molecule has 1 aromatic heterocycles. The lowest BCUT2D eigenvalue weighted by Crippen LogP contribution is -2.39. The van der Waals surface area contributed by atoms with Crippen molar-refractivity contribution in [2.75, 3.05) is 32.8 Å². The molecule has 6 heteroatoms. The van der Waals surface area contributed by atoms with Crippen LogP contribution in [0.5, 0.6) is 0 Å². The first-order chi connectivity index (χ1) is 9.85. The van der Waals surface area contributed by atoms with Gasteiger partial charge < -0.3 is 14.6 Å². The topological polar surface area (TPSA) is 63.4 Å². The van der Waals surface area contributed by atoms with E-state index in [2.05, 4.69) is 27.3 Å². The van der Waals surface area contributed by atoms with E-state index in [1.807, 2.05) is 0 Å². The molecule has 2 fully saturated rings. The molecule has 3 heterocycles. The minimum atomic E-state index is -0.0377. The van der Waals surface area contributed by atoms with Crippen molar-refractivity contribution >= 4 is 0 Å². The van der Waals surface area contributed by atoms with Gasteiger partial charge in [-0.1, -0.05) is 12.1 Å². The van der Waals surface area contributed by atoms with Gasteiger partial charge in [-0.25, -0.2) is 0 Å². The molecule has 2 atom stereocenters. The van der Waals surface area contributed by atoms with E-state index in [-0.39, 0.29) is 6.10 Å².